The van der Waals surface area contributed by atoms with Crippen molar-refractivity contribution in [3.8, 4) is 11.1 Å². The van der Waals surface area contributed by atoms with Crippen molar-refractivity contribution in [2.75, 3.05) is 5.32 Å². The largest absolute Gasteiger partial charge is 0.325 e. The number of nitrogens with one attached hydrogen (secondary N) is 1. The number of hydrogen-bond acceptors (Lipinski definition) is 2. The zero-order valence-electron chi connectivity index (χ0n) is 14.5. The standard InChI is InChI=1S/C19H14F5N3O/c1-27-9-10(18(26-27)19(23)24)6-17(28)25-16-5-3-2-4-11(16)12-7-14(21)15(22)8-13(12)20/h2-5,7-9,19H,6H2,1H3,(H,25,28). The molecule has 28 heavy (non-hydrogen) atoms. The summed E-state index contributed by atoms with van der Waals surface area (Å²) in [5.41, 5.74) is -0.457. The van der Waals surface area contributed by atoms with Crippen LogP contribution in [0.1, 0.15) is 17.7 Å². The molecule has 1 amide bonds. The van der Waals surface area contributed by atoms with E-state index in [9.17, 15) is 26.7 Å². The first-order chi connectivity index (χ1) is 13.3. The summed E-state index contributed by atoms with van der Waals surface area (Å²) in [4.78, 5) is 12.3. The fourth-order valence-electron chi connectivity index (χ4n) is 2.80. The number of aryl methyl sites for hydroxylation is 1. The van der Waals surface area contributed by atoms with Gasteiger partial charge in [-0.25, -0.2) is 22.0 Å². The van der Waals surface area contributed by atoms with Crippen LogP contribution in [0.25, 0.3) is 11.1 Å². The van der Waals surface area contributed by atoms with Gasteiger partial charge < -0.3 is 5.32 Å². The molecule has 0 fully saturated rings. The lowest BCUT2D eigenvalue weighted by Crippen LogP contribution is -2.15. The number of alkyl halides is 2. The number of aromatic nitrogens is 2. The third-order valence-corrected chi connectivity index (χ3v) is 4.00. The number of carbonyl (C=O) groups excluding carboxylic acids is 1. The van der Waals surface area contributed by atoms with Crippen molar-refractivity contribution in [1.82, 2.24) is 9.78 Å². The number of para-hydroxylation sites is 1. The minimum Gasteiger partial charge on any atom is -0.325 e. The van der Waals surface area contributed by atoms with Gasteiger partial charge in [-0.1, -0.05) is 18.2 Å². The average molecular weight is 395 g/mol. The van der Waals surface area contributed by atoms with Crippen LogP contribution in [0, 0.1) is 17.5 Å². The summed E-state index contributed by atoms with van der Waals surface area (Å²) in [5.74, 6) is -4.23. The molecule has 0 aliphatic rings. The van der Waals surface area contributed by atoms with Crippen LogP contribution >= 0.6 is 0 Å². The predicted molar refractivity (Wildman–Crippen MR) is 92.3 cm³/mol. The maximum absolute atomic E-state index is 14.1. The smallest absolute Gasteiger partial charge is 0.282 e. The monoisotopic (exact) mass is 395 g/mol. The highest BCUT2D eigenvalue weighted by Crippen LogP contribution is 2.31. The summed E-state index contributed by atoms with van der Waals surface area (Å²) in [5, 5.41) is 6.12. The number of halogens is 5. The van der Waals surface area contributed by atoms with Crippen molar-refractivity contribution in [3.05, 3.63) is 71.3 Å². The van der Waals surface area contributed by atoms with Crippen molar-refractivity contribution < 1.29 is 26.7 Å². The lowest BCUT2D eigenvalue weighted by atomic mass is 10.0. The van der Waals surface area contributed by atoms with Gasteiger partial charge in [0, 0.05) is 41.7 Å². The maximum Gasteiger partial charge on any atom is 0.282 e. The molecule has 2 aromatic carbocycles. The Bertz CT molecular complexity index is 1030. The summed E-state index contributed by atoms with van der Waals surface area (Å²) in [6, 6.07) is 7.03. The fraction of sp³-hybridized carbons (Fsp3) is 0.158. The summed E-state index contributed by atoms with van der Waals surface area (Å²) in [6.45, 7) is 0. The van der Waals surface area contributed by atoms with Gasteiger partial charge in [0.2, 0.25) is 5.91 Å². The molecule has 0 saturated carbocycles. The highest BCUT2D eigenvalue weighted by molar-refractivity contribution is 5.96. The Morgan fingerprint density at radius 3 is 2.46 bits per heavy atom. The first kappa shape index (κ1) is 19.5. The van der Waals surface area contributed by atoms with Crippen LogP contribution < -0.4 is 5.32 Å². The van der Waals surface area contributed by atoms with Crippen molar-refractivity contribution >= 4 is 11.6 Å². The molecule has 1 aromatic heterocycles. The zero-order chi connectivity index (χ0) is 20.4. The number of benzene rings is 2. The van der Waals surface area contributed by atoms with Crippen LogP contribution in [0.3, 0.4) is 0 Å². The lowest BCUT2D eigenvalue weighted by Gasteiger charge is -2.12. The molecule has 0 unspecified atom stereocenters. The van der Waals surface area contributed by atoms with E-state index >= 15 is 0 Å². The number of rotatable bonds is 5. The van der Waals surface area contributed by atoms with Gasteiger partial charge in [0.15, 0.2) is 11.6 Å². The van der Waals surface area contributed by atoms with E-state index in [2.05, 4.69) is 10.4 Å². The molecule has 0 spiro atoms. The highest BCUT2D eigenvalue weighted by atomic mass is 19.3. The number of amides is 1. The second kappa shape index (κ2) is 7.79. The summed E-state index contributed by atoms with van der Waals surface area (Å²) < 4.78 is 68.0. The topological polar surface area (TPSA) is 46.9 Å². The molecule has 146 valence electrons. The van der Waals surface area contributed by atoms with E-state index in [0.29, 0.717) is 12.1 Å². The van der Waals surface area contributed by atoms with E-state index in [1.165, 1.54) is 36.1 Å². The molecular formula is C19H14F5N3O. The van der Waals surface area contributed by atoms with E-state index in [-0.39, 0.29) is 28.8 Å². The van der Waals surface area contributed by atoms with Gasteiger partial charge in [-0.3, -0.25) is 9.48 Å². The molecule has 0 bridgehead atoms. The molecule has 0 radical (unpaired) electrons. The highest BCUT2D eigenvalue weighted by Gasteiger charge is 2.20. The minimum atomic E-state index is -2.84. The predicted octanol–water partition coefficient (Wildman–Crippen LogP) is 4.62. The molecule has 0 aliphatic carbocycles. The van der Waals surface area contributed by atoms with Crippen molar-refractivity contribution in [2.24, 2.45) is 7.05 Å². The third-order valence-electron chi connectivity index (χ3n) is 4.00. The van der Waals surface area contributed by atoms with E-state index < -0.39 is 35.5 Å². The minimum absolute atomic E-state index is 0.0477. The molecule has 4 nitrogen and oxygen atoms in total. The number of hydrogen-bond donors (Lipinski definition) is 1. The molecule has 0 saturated heterocycles. The van der Waals surface area contributed by atoms with Crippen LogP contribution in [-0.4, -0.2) is 15.7 Å². The number of carbonyl (C=O) groups is 1. The van der Waals surface area contributed by atoms with Crippen LogP contribution in [0.4, 0.5) is 27.6 Å². The molecule has 0 aliphatic heterocycles. The van der Waals surface area contributed by atoms with Crippen molar-refractivity contribution in [1.29, 1.82) is 0 Å². The fourth-order valence-corrected chi connectivity index (χ4v) is 2.80. The van der Waals surface area contributed by atoms with E-state index in [4.69, 9.17) is 0 Å². The van der Waals surface area contributed by atoms with Gasteiger partial charge >= 0.3 is 0 Å². The zero-order valence-corrected chi connectivity index (χ0v) is 14.5. The molecule has 1 N–H and O–H groups in total. The quantitative estimate of drug-likeness (QED) is 0.506. The summed E-state index contributed by atoms with van der Waals surface area (Å²) in [7, 11) is 1.45. The molecule has 3 aromatic rings. The van der Waals surface area contributed by atoms with Gasteiger partial charge in [-0.05, 0) is 12.1 Å². The Balaban J connectivity index is 1.88. The Labute approximate surface area is 156 Å². The average Bonchev–Trinajstić information content (AvgIpc) is 2.99. The summed E-state index contributed by atoms with van der Waals surface area (Å²) >= 11 is 0. The first-order valence-corrected chi connectivity index (χ1v) is 8.10. The maximum atomic E-state index is 14.1. The van der Waals surface area contributed by atoms with Crippen molar-refractivity contribution in [2.45, 2.75) is 12.8 Å². The van der Waals surface area contributed by atoms with E-state index in [1.807, 2.05) is 0 Å². The molecule has 9 heteroatoms. The van der Waals surface area contributed by atoms with Gasteiger partial charge in [0.1, 0.15) is 11.5 Å². The van der Waals surface area contributed by atoms with Gasteiger partial charge in [-0.2, -0.15) is 5.10 Å². The lowest BCUT2D eigenvalue weighted by molar-refractivity contribution is -0.115. The molecule has 3 rings (SSSR count). The van der Waals surface area contributed by atoms with Crippen molar-refractivity contribution in [3.63, 3.8) is 0 Å². The molecule has 1 heterocycles. The Hall–Kier alpha value is -3.23. The molecular weight excluding hydrogens is 381 g/mol. The third kappa shape index (κ3) is 4.03. The van der Waals surface area contributed by atoms with E-state index in [1.54, 1.807) is 6.07 Å². The Kier molecular flexibility index (Phi) is 5.43. The van der Waals surface area contributed by atoms with Gasteiger partial charge in [0.05, 0.1) is 6.42 Å². The normalized spacial score (nSPS) is 11.1. The van der Waals surface area contributed by atoms with Crippen LogP contribution in [0.15, 0.2) is 42.6 Å². The van der Waals surface area contributed by atoms with Gasteiger partial charge in [-0.15, -0.1) is 0 Å². The second-order valence-corrected chi connectivity index (χ2v) is 6.03. The second-order valence-electron chi connectivity index (χ2n) is 6.03. The first-order valence-electron chi connectivity index (χ1n) is 8.10. The van der Waals surface area contributed by atoms with Crippen LogP contribution in [-0.2, 0) is 18.3 Å². The summed E-state index contributed by atoms with van der Waals surface area (Å²) in [6.07, 6.45) is -1.92. The van der Waals surface area contributed by atoms with Crippen LogP contribution in [0.2, 0.25) is 0 Å². The SMILES string of the molecule is Cn1cc(CC(=O)Nc2ccccc2-c2cc(F)c(F)cc2F)c(C(F)F)n1. The van der Waals surface area contributed by atoms with Gasteiger partial charge in [0.25, 0.3) is 6.43 Å². The number of nitrogens with zero attached hydrogens (tertiary/aromatic N) is 2. The Morgan fingerprint density at radius 2 is 1.75 bits per heavy atom. The van der Waals surface area contributed by atoms with Crippen LogP contribution in [0.5, 0.6) is 0 Å². The molecule has 0 atom stereocenters. The van der Waals surface area contributed by atoms with E-state index in [0.717, 1.165) is 0 Å². The number of anilines is 1. The Morgan fingerprint density at radius 1 is 1.07 bits per heavy atom.